The van der Waals surface area contributed by atoms with Crippen molar-refractivity contribution >= 4 is 40.5 Å². The molecule has 0 aliphatic carbocycles. The summed E-state index contributed by atoms with van der Waals surface area (Å²) in [7, 11) is 1.29. The summed E-state index contributed by atoms with van der Waals surface area (Å²) in [5, 5.41) is 11.8. The lowest BCUT2D eigenvalue weighted by atomic mass is 10.1. The van der Waals surface area contributed by atoms with Crippen LogP contribution in [0, 0.1) is 5.41 Å². The number of esters is 1. The number of hydrogen-bond donors (Lipinski definition) is 3. The topological polar surface area (TPSA) is 165 Å². The highest BCUT2D eigenvalue weighted by Crippen LogP contribution is 2.23. The molecule has 1 heterocycles. The van der Waals surface area contributed by atoms with Crippen LogP contribution in [0.25, 0.3) is 10.8 Å². The van der Waals surface area contributed by atoms with Gasteiger partial charge in [-0.1, -0.05) is 18.2 Å². The number of rotatable bonds is 8. The third-order valence-electron chi connectivity index (χ3n) is 5.26. The van der Waals surface area contributed by atoms with E-state index in [1.807, 2.05) is 0 Å². The molecule has 3 amide bonds. The van der Waals surface area contributed by atoms with Crippen molar-refractivity contribution in [1.82, 2.24) is 10.2 Å². The van der Waals surface area contributed by atoms with Gasteiger partial charge in [0.25, 0.3) is 0 Å². The average Bonchev–Trinajstić information content (AvgIpc) is 3.33. The van der Waals surface area contributed by atoms with Gasteiger partial charge >= 0.3 is 12.1 Å². The second-order valence-corrected chi connectivity index (χ2v) is 9.50. The Morgan fingerprint density at radius 2 is 1.68 bits per heavy atom. The average molecular weight is 523 g/mol. The zero-order valence-corrected chi connectivity index (χ0v) is 21.6. The molecule has 38 heavy (non-hydrogen) atoms. The molecule has 1 aromatic heterocycles. The van der Waals surface area contributed by atoms with Crippen LogP contribution in [-0.4, -0.2) is 47.3 Å². The largest absolute Gasteiger partial charge is 0.452 e. The van der Waals surface area contributed by atoms with Crippen LogP contribution < -0.4 is 15.8 Å². The van der Waals surface area contributed by atoms with E-state index in [4.69, 9.17) is 25.0 Å². The number of imide groups is 1. The van der Waals surface area contributed by atoms with Crippen LogP contribution >= 0.6 is 0 Å². The maximum absolute atomic E-state index is 12.5. The van der Waals surface area contributed by atoms with Crippen molar-refractivity contribution in [1.29, 1.82) is 5.41 Å². The summed E-state index contributed by atoms with van der Waals surface area (Å²) in [5.41, 5.74) is 5.37. The first kappa shape index (κ1) is 27.9. The van der Waals surface area contributed by atoms with E-state index in [9.17, 15) is 19.2 Å². The van der Waals surface area contributed by atoms with Crippen molar-refractivity contribution in [2.75, 3.05) is 7.05 Å². The molecule has 0 aliphatic heterocycles. The van der Waals surface area contributed by atoms with Gasteiger partial charge in [-0.25, -0.2) is 9.59 Å². The minimum absolute atomic E-state index is 0.00331. The lowest BCUT2D eigenvalue weighted by Gasteiger charge is -2.23. The summed E-state index contributed by atoms with van der Waals surface area (Å²) in [5.74, 6) is -1.14. The van der Waals surface area contributed by atoms with E-state index in [1.165, 1.54) is 19.2 Å². The number of nitrogens with zero attached hydrogens (tertiary/aromatic N) is 1. The molecule has 0 radical (unpaired) electrons. The first-order valence-corrected chi connectivity index (χ1v) is 11.8. The molecule has 3 aromatic rings. The summed E-state index contributed by atoms with van der Waals surface area (Å²) in [4.78, 5) is 49.6. The van der Waals surface area contributed by atoms with Gasteiger partial charge in [-0.15, -0.1) is 0 Å². The fourth-order valence-corrected chi connectivity index (χ4v) is 3.29. The van der Waals surface area contributed by atoms with Crippen molar-refractivity contribution in [2.45, 2.75) is 45.8 Å². The summed E-state index contributed by atoms with van der Waals surface area (Å²) in [6, 6.07) is 13.3. The minimum atomic E-state index is -0.788. The number of carbonyl (C=O) groups is 4. The van der Waals surface area contributed by atoms with Gasteiger partial charge in [0.2, 0.25) is 17.6 Å². The molecule has 0 aliphatic rings. The number of hydrogen-bond acceptors (Lipinski definition) is 8. The van der Waals surface area contributed by atoms with Crippen molar-refractivity contribution in [3.63, 3.8) is 0 Å². The molecule has 4 N–H and O–H groups in total. The van der Waals surface area contributed by atoms with Crippen molar-refractivity contribution in [3.8, 4) is 5.75 Å². The molecule has 0 atom stereocenters. The normalized spacial score (nSPS) is 11.1. The van der Waals surface area contributed by atoms with Gasteiger partial charge < -0.3 is 24.9 Å². The first-order chi connectivity index (χ1) is 17.8. The van der Waals surface area contributed by atoms with Gasteiger partial charge in [0, 0.05) is 25.5 Å². The Bertz CT molecular complexity index is 1390. The second kappa shape index (κ2) is 11.6. The van der Waals surface area contributed by atoms with E-state index in [0.717, 1.165) is 15.7 Å². The Morgan fingerprint density at radius 1 is 1.00 bits per heavy atom. The fraction of sp³-hybridized carbons (Fsp3) is 0.296. The Kier molecular flexibility index (Phi) is 8.51. The molecule has 0 saturated heterocycles. The van der Waals surface area contributed by atoms with Gasteiger partial charge in [0.05, 0.1) is 6.54 Å². The quantitative estimate of drug-likeness (QED) is 0.174. The maximum atomic E-state index is 12.5. The van der Waals surface area contributed by atoms with Gasteiger partial charge in [-0.3, -0.25) is 19.9 Å². The van der Waals surface area contributed by atoms with Crippen molar-refractivity contribution in [2.24, 2.45) is 5.73 Å². The number of carbonyl (C=O) groups excluding carboxylic acids is 4. The summed E-state index contributed by atoms with van der Waals surface area (Å²) in [6.07, 6.45) is -1.11. The van der Waals surface area contributed by atoms with Gasteiger partial charge in [-0.2, -0.15) is 0 Å². The van der Waals surface area contributed by atoms with Crippen LogP contribution in [0.3, 0.4) is 0 Å². The number of fused-ring (bicyclic) bond motifs is 1. The Morgan fingerprint density at radius 3 is 2.37 bits per heavy atom. The molecule has 200 valence electrons. The number of amides is 3. The molecule has 2 aromatic carbocycles. The Labute approximate surface area is 219 Å². The zero-order valence-electron chi connectivity index (χ0n) is 21.6. The van der Waals surface area contributed by atoms with Crippen molar-refractivity contribution < 1.29 is 33.1 Å². The maximum Gasteiger partial charge on any atom is 0.416 e. The summed E-state index contributed by atoms with van der Waals surface area (Å²) in [6.45, 7) is 5.06. The Balaban J connectivity index is 1.48. The summed E-state index contributed by atoms with van der Waals surface area (Å²) < 4.78 is 16.0. The second-order valence-electron chi connectivity index (χ2n) is 9.50. The van der Waals surface area contributed by atoms with Crippen LogP contribution in [0.5, 0.6) is 5.75 Å². The van der Waals surface area contributed by atoms with Crippen LogP contribution in [0.15, 0.2) is 52.9 Å². The molecule has 11 nitrogen and oxygen atoms in total. The lowest BCUT2D eigenvalue weighted by molar-refractivity contribution is -0.132. The third kappa shape index (κ3) is 7.66. The fourth-order valence-electron chi connectivity index (χ4n) is 3.29. The number of nitrogens with two attached hydrogens (primary N) is 1. The number of furan rings is 1. The van der Waals surface area contributed by atoms with Gasteiger partial charge in [-0.05, 0) is 61.9 Å². The number of nitrogen functional groups attached to an aromatic ring is 1. The summed E-state index contributed by atoms with van der Waals surface area (Å²) >= 11 is 0. The van der Waals surface area contributed by atoms with E-state index in [0.29, 0.717) is 17.1 Å². The van der Waals surface area contributed by atoms with E-state index < -0.39 is 29.5 Å². The Hall–Kier alpha value is -4.67. The third-order valence-corrected chi connectivity index (χ3v) is 5.26. The lowest BCUT2D eigenvalue weighted by Crippen LogP contribution is -2.38. The zero-order chi connectivity index (χ0) is 28.0. The molecule has 0 saturated carbocycles. The van der Waals surface area contributed by atoms with Crippen LogP contribution in [-0.2, 0) is 20.9 Å². The highest BCUT2D eigenvalue weighted by molar-refractivity contribution is 5.99. The molecule has 0 spiro atoms. The highest BCUT2D eigenvalue weighted by atomic mass is 16.6. The molecule has 11 heteroatoms. The van der Waals surface area contributed by atoms with E-state index in [2.05, 4.69) is 5.32 Å². The number of benzene rings is 2. The molecule has 0 fully saturated rings. The highest BCUT2D eigenvalue weighted by Gasteiger charge is 2.24. The number of nitrogens with one attached hydrogen (secondary N) is 2. The molecule has 3 rings (SSSR count). The first-order valence-electron chi connectivity index (χ1n) is 11.8. The van der Waals surface area contributed by atoms with Crippen LogP contribution in [0.1, 0.15) is 55.5 Å². The number of ether oxygens (including phenoxy) is 2. The SMILES string of the molecule is CN(C(=O)CCC(=O)NCc1ccc(C(=O)Oc2ccc3cc(C(=N)N)ccc3c2)o1)C(=O)OC(C)(C)C. The van der Waals surface area contributed by atoms with Crippen LogP contribution in [0.4, 0.5) is 4.79 Å². The monoisotopic (exact) mass is 522 g/mol. The molecular weight excluding hydrogens is 492 g/mol. The predicted octanol–water partition coefficient (Wildman–Crippen LogP) is 3.73. The van der Waals surface area contributed by atoms with E-state index >= 15 is 0 Å². The smallest absolute Gasteiger partial charge is 0.416 e. The van der Waals surface area contributed by atoms with E-state index in [1.54, 1.807) is 57.2 Å². The van der Waals surface area contributed by atoms with E-state index in [-0.39, 0.29) is 31.0 Å². The standard InChI is InChI=1S/C27H30N4O7/c1-27(2,3)38-26(35)31(4)23(33)12-11-22(32)30-15-20-9-10-21(36-20)25(34)37-19-8-7-16-13-18(24(28)29)6-5-17(16)14-19/h5-10,13-14H,11-12,15H2,1-4H3,(H3,28,29)(H,30,32). The molecule has 0 unspecified atom stereocenters. The predicted molar refractivity (Wildman–Crippen MR) is 139 cm³/mol. The molecule has 0 bridgehead atoms. The van der Waals surface area contributed by atoms with Gasteiger partial charge in [0.15, 0.2) is 0 Å². The molecular formula is C27H30N4O7. The minimum Gasteiger partial charge on any atom is -0.452 e. The number of amidine groups is 1. The van der Waals surface area contributed by atoms with Crippen molar-refractivity contribution in [3.05, 3.63) is 65.6 Å². The van der Waals surface area contributed by atoms with Gasteiger partial charge in [0.1, 0.15) is 22.9 Å². The van der Waals surface area contributed by atoms with Crippen LogP contribution in [0.2, 0.25) is 0 Å².